The normalized spacial score (nSPS) is 21.2. The van der Waals surface area contributed by atoms with Crippen LogP contribution in [0.25, 0.3) is 16.8 Å². The third-order valence-electron chi connectivity index (χ3n) is 7.67. The van der Waals surface area contributed by atoms with E-state index < -0.39 is 17.3 Å². The monoisotopic (exact) mass is 521 g/mol. The van der Waals surface area contributed by atoms with E-state index in [1.54, 1.807) is 24.7 Å². The van der Waals surface area contributed by atoms with Crippen LogP contribution < -0.4 is 16.0 Å². The van der Waals surface area contributed by atoms with Gasteiger partial charge in [0, 0.05) is 25.3 Å². The Kier molecular flexibility index (Phi) is 6.22. The summed E-state index contributed by atoms with van der Waals surface area (Å²) in [5.74, 6) is -0.851. The van der Waals surface area contributed by atoms with Crippen LogP contribution in [0.2, 0.25) is 0 Å². The molecule has 6 rings (SSSR count). The Morgan fingerprint density at radius 3 is 2.55 bits per heavy atom. The number of halogens is 3. The molecule has 38 heavy (non-hydrogen) atoms. The van der Waals surface area contributed by atoms with Crippen molar-refractivity contribution in [3.8, 4) is 11.3 Å². The molecule has 0 spiro atoms. The topological polar surface area (TPSA) is 84.4 Å². The highest BCUT2D eigenvalue weighted by Crippen LogP contribution is 2.44. The number of nitrogens with two attached hydrogens (primary N) is 1. The predicted molar refractivity (Wildman–Crippen MR) is 141 cm³/mol. The van der Waals surface area contributed by atoms with Crippen LogP contribution in [0.1, 0.15) is 44.6 Å². The van der Waals surface area contributed by atoms with Crippen molar-refractivity contribution in [2.75, 3.05) is 23.3 Å². The average Bonchev–Trinajstić information content (AvgIpc) is 3.50. The lowest BCUT2D eigenvalue weighted by Gasteiger charge is -2.37. The number of pyridine rings is 1. The smallest absolute Gasteiger partial charge is 0.229 e. The molecule has 1 aromatic carbocycles. The van der Waals surface area contributed by atoms with Crippen molar-refractivity contribution in [2.24, 2.45) is 11.7 Å². The van der Waals surface area contributed by atoms with Gasteiger partial charge in [0.05, 0.1) is 40.5 Å². The van der Waals surface area contributed by atoms with Crippen LogP contribution in [0.4, 0.5) is 30.5 Å². The molecule has 1 saturated heterocycles. The zero-order valence-electron chi connectivity index (χ0n) is 21.2. The fraction of sp³-hybridized carbons (Fsp3) is 0.393. The Hall–Kier alpha value is -3.66. The van der Waals surface area contributed by atoms with Gasteiger partial charge in [0.15, 0.2) is 0 Å². The van der Waals surface area contributed by atoms with Crippen molar-refractivity contribution in [3.63, 3.8) is 0 Å². The summed E-state index contributed by atoms with van der Waals surface area (Å²) in [4.78, 5) is 10.9. The molecule has 2 aliphatic rings. The van der Waals surface area contributed by atoms with Gasteiger partial charge in [-0.2, -0.15) is 9.61 Å². The lowest BCUT2D eigenvalue weighted by Crippen LogP contribution is -2.46. The first-order chi connectivity index (χ1) is 18.3. The van der Waals surface area contributed by atoms with Crippen molar-refractivity contribution in [3.05, 3.63) is 66.1 Å². The molecule has 1 aliphatic heterocycles. The number of imidazole rings is 1. The second-order valence-electron chi connectivity index (χ2n) is 10.6. The van der Waals surface area contributed by atoms with E-state index in [0.717, 1.165) is 43.0 Å². The average molecular weight is 522 g/mol. The first-order valence-corrected chi connectivity index (χ1v) is 13.1. The molecule has 0 radical (unpaired) electrons. The fourth-order valence-electron chi connectivity index (χ4n) is 5.88. The van der Waals surface area contributed by atoms with Crippen molar-refractivity contribution >= 4 is 22.8 Å². The van der Waals surface area contributed by atoms with E-state index in [9.17, 15) is 0 Å². The van der Waals surface area contributed by atoms with Crippen LogP contribution in [0.5, 0.6) is 0 Å². The summed E-state index contributed by atoms with van der Waals surface area (Å²) >= 11 is 0. The second-order valence-corrected chi connectivity index (χ2v) is 10.6. The molecule has 1 aliphatic carbocycles. The number of hydrogen-bond acceptors (Lipinski definition) is 6. The summed E-state index contributed by atoms with van der Waals surface area (Å²) in [5.41, 5.74) is 6.73. The fourth-order valence-corrected chi connectivity index (χ4v) is 5.88. The van der Waals surface area contributed by atoms with Crippen LogP contribution in [-0.2, 0) is 5.67 Å². The van der Waals surface area contributed by atoms with Gasteiger partial charge in [0.2, 0.25) is 5.95 Å². The van der Waals surface area contributed by atoms with Gasteiger partial charge in [-0.1, -0.05) is 6.92 Å². The number of alkyl halides is 1. The van der Waals surface area contributed by atoms with Gasteiger partial charge in [-0.3, -0.25) is 4.98 Å². The molecule has 0 amide bonds. The number of anilines is 3. The number of nitrogens with zero attached hydrogens (tertiary/aromatic N) is 5. The van der Waals surface area contributed by atoms with Crippen LogP contribution >= 0.6 is 0 Å². The number of nitrogens with one attached hydrogen (secondary N) is 1. The number of aromatic nitrogens is 4. The Labute approximate surface area is 218 Å². The standard InChI is InChI=1S/C28H30F3N7/c1-17-10-19(32)16-37(15-17)25-6-9-33-14-24(25)35-27-34-13-20-4-5-23(36-38(20)27)26-21(29)11-18(12-22(26)30)28(31)7-2-3-8-28/h4-6,9,11-14,17,19H,2-3,7-8,10,15-16,32H2,1H3,(H,34,35)/t17-,19+/m1/s1. The molecule has 0 unspecified atom stereocenters. The number of fused-ring (bicyclic) bond motifs is 1. The van der Waals surface area contributed by atoms with Crippen LogP contribution in [-0.4, -0.2) is 38.7 Å². The van der Waals surface area contributed by atoms with E-state index in [2.05, 4.69) is 32.2 Å². The maximum Gasteiger partial charge on any atom is 0.229 e. The molecule has 1 saturated carbocycles. The van der Waals surface area contributed by atoms with E-state index in [4.69, 9.17) is 5.73 Å². The zero-order chi connectivity index (χ0) is 26.4. The molecule has 10 heteroatoms. The minimum absolute atomic E-state index is 0.0515. The highest BCUT2D eigenvalue weighted by atomic mass is 19.1. The third kappa shape index (κ3) is 4.47. The Balaban J connectivity index is 1.34. The first-order valence-electron chi connectivity index (χ1n) is 13.1. The van der Waals surface area contributed by atoms with Crippen LogP contribution in [0, 0.1) is 17.6 Å². The summed E-state index contributed by atoms with van der Waals surface area (Å²) < 4.78 is 47.1. The van der Waals surface area contributed by atoms with Crippen LogP contribution in [0.3, 0.4) is 0 Å². The molecule has 7 nitrogen and oxygen atoms in total. The summed E-state index contributed by atoms with van der Waals surface area (Å²) in [6.45, 7) is 3.77. The van der Waals surface area contributed by atoms with Gasteiger partial charge < -0.3 is 16.0 Å². The molecule has 4 aromatic rings. The molecular weight excluding hydrogens is 491 g/mol. The molecule has 0 bridgehead atoms. The Bertz CT molecular complexity index is 1450. The number of hydrogen-bond donors (Lipinski definition) is 2. The second kappa shape index (κ2) is 9.58. The summed E-state index contributed by atoms with van der Waals surface area (Å²) in [7, 11) is 0. The molecule has 4 heterocycles. The number of benzene rings is 1. The first kappa shape index (κ1) is 24.7. The van der Waals surface area contributed by atoms with Crippen molar-refractivity contribution in [2.45, 2.75) is 50.7 Å². The number of piperidine rings is 1. The van der Waals surface area contributed by atoms with Gasteiger partial charge in [-0.05, 0) is 73.9 Å². The van der Waals surface area contributed by atoms with Gasteiger partial charge in [-0.25, -0.2) is 18.2 Å². The molecule has 3 aromatic heterocycles. The molecular formula is C28H30F3N7. The molecule has 3 N–H and O–H groups in total. The number of rotatable bonds is 5. The molecule has 2 fully saturated rings. The van der Waals surface area contributed by atoms with Gasteiger partial charge >= 0.3 is 0 Å². The molecule has 198 valence electrons. The zero-order valence-corrected chi connectivity index (χ0v) is 21.2. The van der Waals surface area contributed by atoms with E-state index in [-0.39, 0.29) is 35.7 Å². The maximum absolute atomic E-state index is 15.2. The highest BCUT2D eigenvalue weighted by molar-refractivity contribution is 5.74. The summed E-state index contributed by atoms with van der Waals surface area (Å²) in [6.07, 6.45) is 8.00. The summed E-state index contributed by atoms with van der Waals surface area (Å²) in [5, 5.41) is 7.79. The maximum atomic E-state index is 15.2. The predicted octanol–water partition coefficient (Wildman–Crippen LogP) is 5.73. The van der Waals surface area contributed by atoms with E-state index in [1.165, 1.54) is 10.6 Å². The van der Waals surface area contributed by atoms with E-state index in [0.29, 0.717) is 30.2 Å². The van der Waals surface area contributed by atoms with Crippen molar-refractivity contribution in [1.29, 1.82) is 0 Å². The largest absolute Gasteiger partial charge is 0.368 e. The third-order valence-corrected chi connectivity index (χ3v) is 7.67. The molecule has 2 atom stereocenters. The van der Waals surface area contributed by atoms with E-state index >= 15 is 13.2 Å². The quantitative estimate of drug-likeness (QED) is 0.349. The van der Waals surface area contributed by atoms with Crippen molar-refractivity contribution < 1.29 is 13.2 Å². The van der Waals surface area contributed by atoms with Gasteiger partial charge in [0.25, 0.3) is 0 Å². The lowest BCUT2D eigenvalue weighted by atomic mass is 9.92. The van der Waals surface area contributed by atoms with Gasteiger partial charge in [-0.15, -0.1) is 0 Å². The van der Waals surface area contributed by atoms with Crippen molar-refractivity contribution in [1.82, 2.24) is 19.6 Å². The minimum Gasteiger partial charge on any atom is -0.368 e. The van der Waals surface area contributed by atoms with Crippen LogP contribution in [0.15, 0.2) is 48.9 Å². The Morgan fingerprint density at radius 1 is 1.05 bits per heavy atom. The summed E-state index contributed by atoms with van der Waals surface area (Å²) in [6, 6.07) is 7.44. The minimum atomic E-state index is -1.68. The lowest BCUT2D eigenvalue weighted by molar-refractivity contribution is 0.173. The SMILES string of the molecule is C[C@@H]1C[C@H](N)CN(c2ccncc2Nc2ncc3ccc(-c4c(F)cc(C5(F)CCCC5)cc4F)nn23)C1. The highest BCUT2D eigenvalue weighted by Gasteiger charge is 2.37. The van der Waals surface area contributed by atoms with Gasteiger partial charge in [0.1, 0.15) is 17.3 Å². The Morgan fingerprint density at radius 2 is 1.82 bits per heavy atom. The van der Waals surface area contributed by atoms with E-state index in [1.807, 2.05) is 6.07 Å².